The van der Waals surface area contributed by atoms with E-state index in [2.05, 4.69) is 4.98 Å². The highest BCUT2D eigenvalue weighted by Gasteiger charge is 2.17. The third-order valence-electron chi connectivity index (χ3n) is 3.35. The van der Waals surface area contributed by atoms with Crippen molar-refractivity contribution in [3.8, 4) is 0 Å². The van der Waals surface area contributed by atoms with Gasteiger partial charge in [-0.3, -0.25) is 0 Å². The Bertz CT molecular complexity index is 517. The van der Waals surface area contributed by atoms with Gasteiger partial charge in [0.25, 0.3) is 5.22 Å². The molecule has 90 valence electrons. The second-order valence-electron chi connectivity index (χ2n) is 4.64. The summed E-state index contributed by atoms with van der Waals surface area (Å²) in [6.07, 6.45) is 5.47. The summed E-state index contributed by atoms with van der Waals surface area (Å²) in [5.41, 5.74) is 8.13. The first kappa shape index (κ1) is 11.0. The van der Waals surface area contributed by atoms with E-state index >= 15 is 0 Å². The molecule has 3 nitrogen and oxygen atoms in total. The number of benzene rings is 1. The first-order valence-electron chi connectivity index (χ1n) is 6.11. The van der Waals surface area contributed by atoms with Crippen LogP contribution in [0.5, 0.6) is 0 Å². The molecule has 1 aromatic heterocycles. The zero-order chi connectivity index (χ0) is 11.7. The normalized spacial score (nSPS) is 16.9. The predicted molar refractivity (Wildman–Crippen MR) is 71.1 cm³/mol. The van der Waals surface area contributed by atoms with Crippen LogP contribution in [0.25, 0.3) is 11.1 Å². The van der Waals surface area contributed by atoms with E-state index in [1.165, 1.54) is 25.7 Å². The standard InChI is InChI=1S/C13H16N2OS/c14-10-6-3-7-11-12(10)15-13(16-11)17-8-9-4-1-2-5-9/h3,6-7,9H,1-2,4-5,8,14H2. The van der Waals surface area contributed by atoms with Crippen molar-refractivity contribution in [2.75, 3.05) is 11.5 Å². The molecule has 3 rings (SSSR count). The molecule has 1 saturated carbocycles. The van der Waals surface area contributed by atoms with Gasteiger partial charge in [0.2, 0.25) is 0 Å². The molecule has 0 aliphatic heterocycles. The van der Waals surface area contributed by atoms with Gasteiger partial charge in [-0.05, 0) is 30.9 Å². The van der Waals surface area contributed by atoms with Crippen LogP contribution in [0, 0.1) is 5.92 Å². The van der Waals surface area contributed by atoms with Crippen LogP contribution in [0.3, 0.4) is 0 Å². The maximum Gasteiger partial charge on any atom is 0.256 e. The molecule has 0 spiro atoms. The van der Waals surface area contributed by atoms with Gasteiger partial charge in [0.05, 0.1) is 5.69 Å². The van der Waals surface area contributed by atoms with Gasteiger partial charge in [0.1, 0.15) is 5.52 Å². The summed E-state index contributed by atoms with van der Waals surface area (Å²) >= 11 is 1.72. The Hall–Kier alpha value is -1.16. The van der Waals surface area contributed by atoms with E-state index in [0.29, 0.717) is 5.69 Å². The Kier molecular flexibility index (Phi) is 2.97. The summed E-state index contributed by atoms with van der Waals surface area (Å²) in [6.45, 7) is 0. The second-order valence-corrected chi connectivity index (χ2v) is 5.61. The minimum absolute atomic E-state index is 0.693. The van der Waals surface area contributed by atoms with Crippen molar-refractivity contribution >= 4 is 28.5 Å². The van der Waals surface area contributed by atoms with Gasteiger partial charge in [-0.15, -0.1) is 0 Å². The first-order valence-corrected chi connectivity index (χ1v) is 7.09. The number of fused-ring (bicyclic) bond motifs is 1. The van der Waals surface area contributed by atoms with Gasteiger partial charge < -0.3 is 10.2 Å². The van der Waals surface area contributed by atoms with E-state index in [4.69, 9.17) is 10.2 Å². The minimum atomic E-state index is 0.693. The number of oxazole rings is 1. The molecule has 0 radical (unpaired) electrons. The van der Waals surface area contributed by atoms with Crippen LogP contribution in [0.15, 0.2) is 27.8 Å². The number of anilines is 1. The van der Waals surface area contributed by atoms with Crippen molar-refractivity contribution in [1.29, 1.82) is 0 Å². The number of rotatable bonds is 3. The molecule has 0 amide bonds. The Labute approximate surface area is 105 Å². The first-order chi connectivity index (χ1) is 8.33. The molecule has 0 bridgehead atoms. The fourth-order valence-electron chi connectivity index (χ4n) is 2.38. The number of nitrogens with two attached hydrogens (primary N) is 1. The highest BCUT2D eigenvalue weighted by molar-refractivity contribution is 7.99. The maximum absolute atomic E-state index is 5.86. The summed E-state index contributed by atoms with van der Waals surface area (Å²) in [4.78, 5) is 4.44. The zero-order valence-corrected chi connectivity index (χ0v) is 10.5. The van der Waals surface area contributed by atoms with Gasteiger partial charge in [-0.2, -0.15) is 0 Å². The van der Waals surface area contributed by atoms with Gasteiger partial charge in [-0.1, -0.05) is 30.7 Å². The maximum atomic E-state index is 5.86. The monoisotopic (exact) mass is 248 g/mol. The van der Waals surface area contributed by atoms with Crippen LogP contribution >= 0.6 is 11.8 Å². The lowest BCUT2D eigenvalue weighted by Gasteiger charge is -2.04. The van der Waals surface area contributed by atoms with Crippen molar-refractivity contribution < 1.29 is 4.42 Å². The van der Waals surface area contributed by atoms with Crippen molar-refractivity contribution in [3.63, 3.8) is 0 Å². The van der Waals surface area contributed by atoms with Crippen LogP contribution in [-0.4, -0.2) is 10.7 Å². The quantitative estimate of drug-likeness (QED) is 0.664. The molecule has 4 heteroatoms. The molecule has 1 heterocycles. The number of nitrogen functional groups attached to an aromatic ring is 1. The van der Waals surface area contributed by atoms with E-state index in [9.17, 15) is 0 Å². The molecule has 2 aromatic rings. The summed E-state index contributed by atoms with van der Waals surface area (Å²) in [5, 5.41) is 0.754. The Morgan fingerprint density at radius 2 is 2.18 bits per heavy atom. The van der Waals surface area contributed by atoms with Crippen LogP contribution in [-0.2, 0) is 0 Å². The molecule has 1 aliphatic carbocycles. The van der Waals surface area contributed by atoms with Crippen molar-refractivity contribution in [2.24, 2.45) is 5.92 Å². The molecule has 0 atom stereocenters. The SMILES string of the molecule is Nc1cccc2oc(SCC3CCCC3)nc12. The molecule has 0 unspecified atom stereocenters. The minimum Gasteiger partial charge on any atom is -0.431 e. The van der Waals surface area contributed by atoms with Crippen LogP contribution in [0.4, 0.5) is 5.69 Å². The highest BCUT2D eigenvalue weighted by atomic mass is 32.2. The average Bonchev–Trinajstić information content (AvgIpc) is 2.95. The van der Waals surface area contributed by atoms with Crippen LogP contribution < -0.4 is 5.73 Å². The second kappa shape index (κ2) is 4.61. The summed E-state index contributed by atoms with van der Waals surface area (Å²) < 4.78 is 5.68. The summed E-state index contributed by atoms with van der Waals surface area (Å²) in [7, 11) is 0. The largest absolute Gasteiger partial charge is 0.431 e. The Morgan fingerprint density at radius 1 is 1.35 bits per heavy atom. The lowest BCUT2D eigenvalue weighted by molar-refractivity contribution is 0.487. The Morgan fingerprint density at radius 3 is 2.94 bits per heavy atom. The van der Waals surface area contributed by atoms with E-state index in [-0.39, 0.29) is 0 Å². The average molecular weight is 248 g/mol. The molecule has 1 aromatic carbocycles. The number of para-hydroxylation sites is 1. The van der Waals surface area contributed by atoms with Gasteiger partial charge in [0, 0.05) is 5.75 Å². The highest BCUT2D eigenvalue weighted by Crippen LogP contribution is 2.32. The molecule has 2 N–H and O–H groups in total. The van der Waals surface area contributed by atoms with Gasteiger partial charge >= 0.3 is 0 Å². The third-order valence-corrected chi connectivity index (χ3v) is 4.41. The zero-order valence-electron chi connectivity index (χ0n) is 9.69. The molecular weight excluding hydrogens is 232 g/mol. The topological polar surface area (TPSA) is 52.0 Å². The molecule has 0 saturated heterocycles. The predicted octanol–water partition coefficient (Wildman–Crippen LogP) is 3.69. The third kappa shape index (κ3) is 2.27. The van der Waals surface area contributed by atoms with E-state index in [1.54, 1.807) is 11.8 Å². The molecule has 1 aliphatic rings. The lowest BCUT2D eigenvalue weighted by atomic mass is 10.1. The summed E-state index contributed by atoms with van der Waals surface area (Å²) in [6, 6.07) is 5.67. The van der Waals surface area contributed by atoms with Crippen LogP contribution in [0.2, 0.25) is 0 Å². The van der Waals surface area contributed by atoms with E-state index in [0.717, 1.165) is 28.0 Å². The molecular formula is C13H16N2OS. The fourth-order valence-corrected chi connectivity index (χ4v) is 3.39. The summed E-state index contributed by atoms with van der Waals surface area (Å²) in [5.74, 6) is 1.96. The number of hydrogen-bond donors (Lipinski definition) is 1. The number of hydrogen-bond acceptors (Lipinski definition) is 4. The van der Waals surface area contributed by atoms with Crippen molar-refractivity contribution in [3.05, 3.63) is 18.2 Å². The smallest absolute Gasteiger partial charge is 0.256 e. The number of nitrogens with zero attached hydrogens (tertiary/aromatic N) is 1. The van der Waals surface area contributed by atoms with Gasteiger partial charge in [0.15, 0.2) is 5.58 Å². The van der Waals surface area contributed by atoms with Crippen molar-refractivity contribution in [2.45, 2.75) is 30.9 Å². The van der Waals surface area contributed by atoms with E-state index in [1.807, 2.05) is 18.2 Å². The lowest BCUT2D eigenvalue weighted by Crippen LogP contribution is -1.96. The number of aromatic nitrogens is 1. The molecule has 17 heavy (non-hydrogen) atoms. The Balaban J connectivity index is 1.74. The van der Waals surface area contributed by atoms with E-state index < -0.39 is 0 Å². The fraction of sp³-hybridized carbons (Fsp3) is 0.462. The van der Waals surface area contributed by atoms with Crippen molar-refractivity contribution in [1.82, 2.24) is 4.98 Å². The van der Waals surface area contributed by atoms with Gasteiger partial charge in [-0.25, -0.2) is 4.98 Å². The van der Waals surface area contributed by atoms with Crippen LogP contribution in [0.1, 0.15) is 25.7 Å². The number of thioether (sulfide) groups is 1. The molecule has 1 fully saturated rings.